The van der Waals surface area contributed by atoms with Crippen molar-refractivity contribution in [3.05, 3.63) is 94.3 Å². The Morgan fingerprint density at radius 1 is 1.02 bits per heavy atom. The van der Waals surface area contributed by atoms with Gasteiger partial charge < -0.3 is 15.5 Å². The summed E-state index contributed by atoms with van der Waals surface area (Å²) in [6, 6.07) is 19.1. The average molecular weight is 637 g/mol. The number of nitrogens with one attached hydrogen (secondary N) is 2. The van der Waals surface area contributed by atoms with Crippen LogP contribution in [-0.4, -0.2) is 53.1 Å². The maximum atomic E-state index is 14.3. The smallest absolute Gasteiger partial charge is 0.251 e. The van der Waals surface area contributed by atoms with Crippen LogP contribution in [0.4, 0.5) is 10.1 Å². The maximum Gasteiger partial charge on any atom is 0.251 e. The van der Waals surface area contributed by atoms with Crippen LogP contribution in [0.2, 0.25) is 5.02 Å². The normalized spacial score (nSPS) is 19.9. The molecule has 2 N–H and O–H groups in total. The summed E-state index contributed by atoms with van der Waals surface area (Å²) in [6.45, 7) is 5.16. The van der Waals surface area contributed by atoms with E-state index in [1.165, 1.54) is 12.1 Å². The Hall–Kier alpha value is -3.27. The second-order valence-corrected chi connectivity index (χ2v) is 13.8. The molecule has 1 aliphatic carbocycles. The van der Waals surface area contributed by atoms with E-state index in [4.69, 9.17) is 11.6 Å². The van der Waals surface area contributed by atoms with Gasteiger partial charge in [0.2, 0.25) is 5.91 Å². The monoisotopic (exact) mass is 636 g/mol. The Bertz CT molecular complexity index is 1560. The minimum atomic E-state index is -1.55. The third kappa shape index (κ3) is 6.14. The highest BCUT2D eigenvalue weighted by Crippen LogP contribution is 2.58. The topological polar surface area (TPSA) is 81.8 Å². The fraction of sp³-hybridized carbons (Fsp3) is 0.412. The van der Waals surface area contributed by atoms with Crippen LogP contribution < -0.4 is 14.9 Å². The number of hydrogen-bond acceptors (Lipinski definition) is 4. The molecule has 1 saturated heterocycles. The molecule has 2 atom stereocenters. The number of fused-ring (bicyclic) bond motifs is 2. The van der Waals surface area contributed by atoms with Gasteiger partial charge in [-0.15, -0.1) is 0 Å². The second-order valence-electron chi connectivity index (χ2n) is 12.0. The lowest BCUT2D eigenvalue weighted by atomic mass is 9.68. The molecule has 6 rings (SSSR count). The van der Waals surface area contributed by atoms with Crippen LogP contribution in [0.5, 0.6) is 0 Å². The van der Waals surface area contributed by atoms with Gasteiger partial charge in [-0.05, 0) is 111 Å². The molecule has 7 nitrogen and oxygen atoms in total. The molecule has 2 aliphatic heterocycles. The SMILES string of the molecule is CCNC(=O)CCN1CCC2(CC1)c1cc(C(=O)NCc3ccccc3Cl)ccc1N(S(=O)c1ccc(F)cc1)C2C1CC1. The number of nitrogens with zero attached hydrogens (tertiary/aromatic N) is 2. The van der Waals surface area contributed by atoms with E-state index in [1.54, 1.807) is 24.3 Å². The van der Waals surface area contributed by atoms with E-state index in [9.17, 15) is 18.2 Å². The van der Waals surface area contributed by atoms with Crippen LogP contribution in [0.3, 0.4) is 0 Å². The lowest BCUT2D eigenvalue weighted by molar-refractivity contribution is -0.121. The summed E-state index contributed by atoms with van der Waals surface area (Å²) in [4.78, 5) is 28.5. The van der Waals surface area contributed by atoms with Gasteiger partial charge in [0.05, 0.1) is 16.6 Å². The van der Waals surface area contributed by atoms with Crippen LogP contribution in [-0.2, 0) is 27.7 Å². The fourth-order valence-corrected chi connectivity index (χ4v) is 8.64. The van der Waals surface area contributed by atoms with Gasteiger partial charge in [0, 0.05) is 42.1 Å². The highest BCUT2D eigenvalue weighted by atomic mass is 35.5. The van der Waals surface area contributed by atoms with Crippen molar-refractivity contribution in [2.24, 2.45) is 5.92 Å². The van der Waals surface area contributed by atoms with E-state index in [-0.39, 0.29) is 29.1 Å². The first-order chi connectivity index (χ1) is 21.3. The highest BCUT2D eigenvalue weighted by Gasteiger charge is 2.58. The zero-order valence-electron chi connectivity index (χ0n) is 24.9. The molecule has 2 fully saturated rings. The number of halogens is 2. The van der Waals surface area contributed by atoms with E-state index < -0.39 is 11.0 Å². The van der Waals surface area contributed by atoms with Gasteiger partial charge in [0.15, 0.2) is 11.0 Å². The van der Waals surface area contributed by atoms with E-state index in [0.29, 0.717) is 47.5 Å². The summed E-state index contributed by atoms with van der Waals surface area (Å²) in [6.07, 6.45) is 4.24. The molecule has 3 aromatic carbocycles. The molecule has 0 radical (unpaired) electrons. The summed E-state index contributed by atoms with van der Waals surface area (Å²) >= 11 is 6.32. The van der Waals surface area contributed by atoms with E-state index in [2.05, 4.69) is 19.8 Å². The predicted molar refractivity (Wildman–Crippen MR) is 172 cm³/mol. The van der Waals surface area contributed by atoms with Crippen LogP contribution in [0.15, 0.2) is 71.6 Å². The first-order valence-corrected chi connectivity index (χ1v) is 16.9. The number of hydrogen-bond donors (Lipinski definition) is 2. The Balaban J connectivity index is 1.32. The van der Waals surface area contributed by atoms with E-state index in [0.717, 1.165) is 55.6 Å². The number of benzene rings is 3. The van der Waals surface area contributed by atoms with Crippen LogP contribution in [0.25, 0.3) is 0 Å². The Labute approximate surface area is 265 Å². The van der Waals surface area contributed by atoms with Crippen molar-refractivity contribution in [1.82, 2.24) is 15.5 Å². The molecule has 3 aromatic rings. The molecular weight excluding hydrogens is 599 g/mol. The Kier molecular flexibility index (Phi) is 9.08. The summed E-state index contributed by atoms with van der Waals surface area (Å²) in [7, 11) is -1.55. The molecular formula is C34H38ClFN4O3S. The van der Waals surface area contributed by atoms with Gasteiger partial charge in [-0.3, -0.25) is 13.9 Å². The third-order valence-corrected chi connectivity index (χ3v) is 11.1. The minimum Gasteiger partial charge on any atom is -0.356 e. The van der Waals surface area contributed by atoms with Crippen LogP contribution >= 0.6 is 11.6 Å². The third-order valence-electron chi connectivity index (χ3n) is 9.29. The number of rotatable bonds is 10. The predicted octanol–water partition coefficient (Wildman–Crippen LogP) is 5.59. The lowest BCUT2D eigenvalue weighted by Gasteiger charge is -2.45. The number of carbonyl (C=O) groups excluding carboxylic acids is 2. The van der Waals surface area contributed by atoms with E-state index in [1.807, 2.05) is 37.3 Å². The van der Waals surface area contributed by atoms with Crippen molar-refractivity contribution in [3.63, 3.8) is 0 Å². The molecule has 3 aliphatic rings. The Morgan fingerprint density at radius 3 is 2.43 bits per heavy atom. The number of anilines is 1. The molecule has 0 aromatic heterocycles. The minimum absolute atomic E-state index is 0.00429. The highest BCUT2D eigenvalue weighted by molar-refractivity contribution is 7.86. The summed E-state index contributed by atoms with van der Waals surface area (Å²) < 4.78 is 30.1. The first-order valence-electron chi connectivity index (χ1n) is 15.4. The Morgan fingerprint density at radius 2 is 1.75 bits per heavy atom. The quantitative estimate of drug-likeness (QED) is 0.304. The molecule has 1 spiro atoms. The molecule has 1 saturated carbocycles. The lowest BCUT2D eigenvalue weighted by Crippen LogP contribution is -2.53. The van der Waals surface area contributed by atoms with Gasteiger partial charge in [-0.1, -0.05) is 29.8 Å². The summed E-state index contributed by atoms with van der Waals surface area (Å²) in [5, 5.41) is 6.50. The van der Waals surface area contributed by atoms with Crippen molar-refractivity contribution in [2.75, 3.05) is 30.5 Å². The molecule has 0 bridgehead atoms. The molecule has 2 unspecified atom stereocenters. The fourth-order valence-electron chi connectivity index (χ4n) is 6.92. The molecule has 2 amide bonds. The van der Waals surface area contributed by atoms with Gasteiger partial charge in [-0.2, -0.15) is 0 Å². The van der Waals surface area contributed by atoms with Gasteiger partial charge >= 0.3 is 0 Å². The molecule has 2 heterocycles. The summed E-state index contributed by atoms with van der Waals surface area (Å²) in [5.41, 5.74) is 3.03. The van der Waals surface area contributed by atoms with Crippen molar-refractivity contribution < 1.29 is 18.2 Å². The molecule has 10 heteroatoms. The average Bonchev–Trinajstić information content (AvgIpc) is 3.84. The van der Waals surface area contributed by atoms with Gasteiger partial charge in [0.25, 0.3) is 5.91 Å². The molecule has 232 valence electrons. The van der Waals surface area contributed by atoms with Crippen molar-refractivity contribution in [2.45, 2.75) is 61.9 Å². The first kappa shape index (κ1) is 30.7. The van der Waals surface area contributed by atoms with Crippen LogP contribution in [0.1, 0.15) is 60.5 Å². The van der Waals surface area contributed by atoms with Crippen molar-refractivity contribution in [1.29, 1.82) is 0 Å². The van der Waals surface area contributed by atoms with Gasteiger partial charge in [0.1, 0.15) is 5.82 Å². The summed E-state index contributed by atoms with van der Waals surface area (Å²) in [5.74, 6) is -0.118. The number of carbonyl (C=O) groups is 2. The van der Waals surface area contributed by atoms with Crippen molar-refractivity contribution >= 4 is 40.1 Å². The maximum absolute atomic E-state index is 14.3. The van der Waals surface area contributed by atoms with Gasteiger partial charge in [-0.25, -0.2) is 8.60 Å². The zero-order valence-corrected chi connectivity index (χ0v) is 26.4. The zero-order chi connectivity index (χ0) is 30.8. The number of piperidine rings is 1. The molecule has 44 heavy (non-hydrogen) atoms. The van der Waals surface area contributed by atoms with Crippen molar-refractivity contribution in [3.8, 4) is 0 Å². The number of likely N-dealkylation sites (tertiary alicyclic amines) is 1. The standard InChI is InChI=1S/C34H38ClFN4O3S/c1-2-37-31(41)15-18-39-19-16-34(17-20-39)28-21-24(33(42)38-22-25-5-3-4-6-29(25)35)9-14-30(28)40(32(34)23-7-8-23)44(43)27-12-10-26(36)11-13-27/h3-6,9-14,21,23,32H,2,7-8,15-20,22H2,1H3,(H,37,41)(H,38,42). The largest absolute Gasteiger partial charge is 0.356 e. The second kappa shape index (κ2) is 13.0. The van der Waals surface area contributed by atoms with E-state index >= 15 is 0 Å². The van der Waals surface area contributed by atoms with Crippen LogP contribution in [0, 0.1) is 11.7 Å². The number of amides is 2.